The van der Waals surface area contributed by atoms with Crippen LogP contribution in [-0.4, -0.2) is 16.7 Å². The van der Waals surface area contributed by atoms with Crippen LogP contribution in [0.2, 0.25) is 0 Å². The lowest BCUT2D eigenvalue weighted by atomic mass is 9.86. The summed E-state index contributed by atoms with van der Waals surface area (Å²) in [6, 6.07) is 0.236. The fourth-order valence-corrected chi connectivity index (χ4v) is 2.45. The number of aliphatic hydroxyl groups is 1. The molecule has 0 aromatic rings. The first kappa shape index (κ1) is 11.0. The molecular weight excluding hydrogens is 162 g/mol. The Bertz CT molecular complexity index is 156. The molecule has 0 aliphatic heterocycles. The molecule has 1 rings (SSSR count). The lowest BCUT2D eigenvalue weighted by Gasteiger charge is -2.27. The Hall–Kier alpha value is -0.0800. The van der Waals surface area contributed by atoms with E-state index in [0.717, 1.165) is 25.7 Å². The number of hydrogen-bond acceptors (Lipinski definition) is 2. The smallest absolute Gasteiger partial charge is 0.0665 e. The number of hydrogen-bond donors (Lipinski definition) is 2. The molecule has 1 saturated carbocycles. The fourth-order valence-electron chi connectivity index (χ4n) is 2.45. The van der Waals surface area contributed by atoms with Crippen LogP contribution in [0.5, 0.6) is 0 Å². The van der Waals surface area contributed by atoms with E-state index in [1.165, 1.54) is 12.8 Å². The zero-order valence-corrected chi connectivity index (χ0v) is 8.92. The summed E-state index contributed by atoms with van der Waals surface area (Å²) in [4.78, 5) is 0. The SMILES string of the molecule is CCC(CC)CC1(O)CCC(N)C1. The third-order valence-electron chi connectivity index (χ3n) is 3.45. The summed E-state index contributed by atoms with van der Waals surface area (Å²) in [7, 11) is 0. The first-order chi connectivity index (χ1) is 6.09. The molecule has 0 aromatic carbocycles. The molecule has 2 nitrogen and oxygen atoms in total. The van der Waals surface area contributed by atoms with Gasteiger partial charge in [-0.15, -0.1) is 0 Å². The van der Waals surface area contributed by atoms with E-state index in [0.29, 0.717) is 5.92 Å². The predicted octanol–water partition coefficient (Wildman–Crippen LogP) is 2.05. The van der Waals surface area contributed by atoms with Crippen molar-refractivity contribution >= 4 is 0 Å². The lowest BCUT2D eigenvalue weighted by molar-refractivity contribution is 0.0197. The molecule has 2 unspecified atom stereocenters. The van der Waals surface area contributed by atoms with E-state index in [-0.39, 0.29) is 6.04 Å². The van der Waals surface area contributed by atoms with E-state index < -0.39 is 5.60 Å². The maximum Gasteiger partial charge on any atom is 0.0665 e. The summed E-state index contributed by atoms with van der Waals surface area (Å²) in [5.41, 5.74) is 5.37. The predicted molar refractivity (Wildman–Crippen MR) is 55.5 cm³/mol. The van der Waals surface area contributed by atoms with Crippen molar-refractivity contribution in [2.75, 3.05) is 0 Å². The van der Waals surface area contributed by atoms with Crippen molar-refractivity contribution in [2.45, 2.75) is 64.0 Å². The molecule has 1 fully saturated rings. The van der Waals surface area contributed by atoms with E-state index in [9.17, 15) is 5.11 Å². The molecule has 0 amide bonds. The zero-order chi connectivity index (χ0) is 9.90. The van der Waals surface area contributed by atoms with Crippen molar-refractivity contribution in [1.29, 1.82) is 0 Å². The van der Waals surface area contributed by atoms with Crippen LogP contribution in [0.15, 0.2) is 0 Å². The van der Waals surface area contributed by atoms with Crippen molar-refractivity contribution < 1.29 is 5.11 Å². The molecule has 0 heterocycles. The fraction of sp³-hybridized carbons (Fsp3) is 1.00. The van der Waals surface area contributed by atoms with Gasteiger partial charge in [0.05, 0.1) is 5.60 Å². The van der Waals surface area contributed by atoms with Crippen LogP contribution < -0.4 is 5.73 Å². The van der Waals surface area contributed by atoms with Crippen molar-refractivity contribution in [2.24, 2.45) is 11.7 Å². The highest BCUT2D eigenvalue weighted by atomic mass is 16.3. The van der Waals surface area contributed by atoms with Crippen molar-refractivity contribution in [3.63, 3.8) is 0 Å². The summed E-state index contributed by atoms with van der Waals surface area (Å²) in [5.74, 6) is 0.676. The Morgan fingerprint density at radius 1 is 1.46 bits per heavy atom. The van der Waals surface area contributed by atoms with Gasteiger partial charge in [-0.1, -0.05) is 26.7 Å². The first-order valence-electron chi connectivity index (χ1n) is 5.57. The summed E-state index contributed by atoms with van der Waals surface area (Å²) in [6.07, 6.45) is 6.01. The zero-order valence-electron chi connectivity index (χ0n) is 8.92. The van der Waals surface area contributed by atoms with E-state index in [4.69, 9.17) is 5.73 Å². The Balaban J connectivity index is 2.42. The third kappa shape index (κ3) is 2.96. The average molecular weight is 185 g/mol. The van der Waals surface area contributed by atoms with Crippen LogP contribution in [0.25, 0.3) is 0 Å². The van der Waals surface area contributed by atoms with Crippen molar-refractivity contribution in [3.8, 4) is 0 Å². The topological polar surface area (TPSA) is 46.2 Å². The molecular formula is C11H23NO. The molecule has 2 atom stereocenters. The summed E-state index contributed by atoms with van der Waals surface area (Å²) < 4.78 is 0. The molecule has 2 heteroatoms. The normalized spacial score (nSPS) is 34.4. The van der Waals surface area contributed by atoms with Gasteiger partial charge in [0, 0.05) is 6.04 Å². The number of rotatable bonds is 4. The van der Waals surface area contributed by atoms with Crippen molar-refractivity contribution in [1.82, 2.24) is 0 Å². The minimum absolute atomic E-state index is 0.236. The van der Waals surface area contributed by atoms with Gasteiger partial charge in [0.25, 0.3) is 0 Å². The van der Waals surface area contributed by atoms with Gasteiger partial charge in [-0.05, 0) is 31.6 Å². The molecule has 1 aliphatic rings. The summed E-state index contributed by atoms with van der Waals surface area (Å²) in [6.45, 7) is 4.40. The van der Waals surface area contributed by atoms with Gasteiger partial charge < -0.3 is 10.8 Å². The Labute approximate surface area is 81.5 Å². The van der Waals surface area contributed by atoms with Crippen LogP contribution >= 0.6 is 0 Å². The van der Waals surface area contributed by atoms with E-state index in [1.807, 2.05) is 0 Å². The first-order valence-corrected chi connectivity index (χ1v) is 5.57. The molecule has 0 bridgehead atoms. The van der Waals surface area contributed by atoms with E-state index in [2.05, 4.69) is 13.8 Å². The van der Waals surface area contributed by atoms with Crippen molar-refractivity contribution in [3.05, 3.63) is 0 Å². The average Bonchev–Trinajstić information content (AvgIpc) is 2.43. The highest BCUT2D eigenvalue weighted by Crippen LogP contribution is 2.35. The van der Waals surface area contributed by atoms with Gasteiger partial charge in [-0.3, -0.25) is 0 Å². The maximum absolute atomic E-state index is 10.2. The Morgan fingerprint density at radius 2 is 2.08 bits per heavy atom. The molecule has 0 radical (unpaired) electrons. The lowest BCUT2D eigenvalue weighted by Crippen LogP contribution is -2.30. The molecule has 0 aromatic heterocycles. The van der Waals surface area contributed by atoms with E-state index in [1.54, 1.807) is 0 Å². The molecule has 0 saturated heterocycles. The standard InChI is InChI=1S/C11H23NO/c1-3-9(4-2)7-11(13)6-5-10(12)8-11/h9-10,13H,3-8,12H2,1-2H3. The summed E-state index contributed by atoms with van der Waals surface area (Å²) in [5, 5.41) is 10.2. The second-order valence-corrected chi connectivity index (χ2v) is 4.61. The maximum atomic E-state index is 10.2. The highest BCUT2D eigenvalue weighted by molar-refractivity contribution is 4.92. The molecule has 1 aliphatic carbocycles. The van der Waals surface area contributed by atoms with Crippen LogP contribution in [0.3, 0.4) is 0 Å². The van der Waals surface area contributed by atoms with Crippen LogP contribution in [0.4, 0.5) is 0 Å². The minimum atomic E-state index is -0.434. The third-order valence-corrected chi connectivity index (χ3v) is 3.45. The Kier molecular flexibility index (Phi) is 3.74. The molecule has 78 valence electrons. The molecule has 0 spiro atoms. The van der Waals surface area contributed by atoms with Crippen LogP contribution in [0.1, 0.15) is 52.4 Å². The van der Waals surface area contributed by atoms with Gasteiger partial charge in [0.15, 0.2) is 0 Å². The largest absolute Gasteiger partial charge is 0.390 e. The Morgan fingerprint density at radius 3 is 2.46 bits per heavy atom. The van der Waals surface area contributed by atoms with Crippen LogP contribution in [-0.2, 0) is 0 Å². The van der Waals surface area contributed by atoms with Gasteiger partial charge in [0.1, 0.15) is 0 Å². The van der Waals surface area contributed by atoms with Crippen LogP contribution in [0, 0.1) is 5.92 Å². The van der Waals surface area contributed by atoms with Gasteiger partial charge in [0.2, 0.25) is 0 Å². The minimum Gasteiger partial charge on any atom is -0.390 e. The second-order valence-electron chi connectivity index (χ2n) is 4.61. The van der Waals surface area contributed by atoms with Gasteiger partial charge >= 0.3 is 0 Å². The number of nitrogens with two attached hydrogens (primary N) is 1. The monoisotopic (exact) mass is 185 g/mol. The van der Waals surface area contributed by atoms with Gasteiger partial charge in [-0.25, -0.2) is 0 Å². The summed E-state index contributed by atoms with van der Waals surface area (Å²) >= 11 is 0. The molecule has 3 N–H and O–H groups in total. The van der Waals surface area contributed by atoms with E-state index >= 15 is 0 Å². The quantitative estimate of drug-likeness (QED) is 0.704. The highest BCUT2D eigenvalue weighted by Gasteiger charge is 2.36. The second kappa shape index (κ2) is 4.43. The molecule has 13 heavy (non-hydrogen) atoms. The van der Waals surface area contributed by atoms with Gasteiger partial charge in [-0.2, -0.15) is 0 Å².